The van der Waals surface area contributed by atoms with Crippen molar-refractivity contribution in [1.29, 1.82) is 0 Å². The molecule has 0 spiro atoms. The fourth-order valence-electron chi connectivity index (χ4n) is 2.08. The maximum absolute atomic E-state index is 12.3. The maximum Gasteiger partial charge on any atom is 0.184 e. The summed E-state index contributed by atoms with van der Waals surface area (Å²) in [6.45, 7) is 10.9. The van der Waals surface area contributed by atoms with Gasteiger partial charge in [-0.05, 0) is 19.4 Å². The molecule has 1 aromatic heterocycles. The number of aryl methyl sites for hydroxylation is 2. The van der Waals surface area contributed by atoms with E-state index in [1.54, 1.807) is 4.68 Å². The Morgan fingerprint density at radius 2 is 1.95 bits per heavy atom. The van der Waals surface area contributed by atoms with Crippen LogP contribution in [0, 0.1) is 13.8 Å². The average molecular weight is 287 g/mol. The molecule has 5 heteroatoms. The van der Waals surface area contributed by atoms with Crippen LogP contribution in [0.25, 0.3) is 0 Å². The molecule has 2 rings (SSSR count). The number of carbonyl (C=O) groups excluding carboxylic acids is 1. The summed E-state index contributed by atoms with van der Waals surface area (Å²) in [4.78, 5) is 12.3. The molecular weight excluding hydrogens is 266 g/mol. The van der Waals surface area contributed by atoms with Crippen molar-refractivity contribution >= 4 is 19.2 Å². The quantitative estimate of drug-likeness (QED) is 0.640. The molecular formula is C15H21N3OSi. The van der Waals surface area contributed by atoms with Crippen molar-refractivity contribution in [2.45, 2.75) is 40.0 Å². The van der Waals surface area contributed by atoms with Gasteiger partial charge in [-0.1, -0.05) is 48.6 Å². The fourth-order valence-corrected chi connectivity index (χ4v) is 2.96. The number of ketones is 1. The van der Waals surface area contributed by atoms with Gasteiger partial charge in [-0.25, -0.2) is 4.68 Å². The Kier molecular flexibility index (Phi) is 3.90. The molecule has 0 bridgehead atoms. The van der Waals surface area contributed by atoms with Crippen molar-refractivity contribution in [2.24, 2.45) is 0 Å². The topological polar surface area (TPSA) is 47.8 Å². The molecule has 0 saturated heterocycles. The van der Waals surface area contributed by atoms with Crippen LogP contribution in [-0.2, 0) is 6.54 Å². The summed E-state index contributed by atoms with van der Waals surface area (Å²) in [5.41, 5.74) is 2.95. The molecule has 0 aliphatic carbocycles. The zero-order valence-electron chi connectivity index (χ0n) is 12.8. The Balaban J connectivity index is 2.17. The van der Waals surface area contributed by atoms with Gasteiger partial charge in [0.1, 0.15) is 14.6 Å². The van der Waals surface area contributed by atoms with Crippen molar-refractivity contribution < 1.29 is 4.79 Å². The molecule has 1 heterocycles. The third kappa shape index (κ3) is 3.22. The van der Waals surface area contributed by atoms with Crippen LogP contribution in [0.4, 0.5) is 0 Å². The van der Waals surface area contributed by atoms with Crippen LogP contribution in [0.2, 0.25) is 19.6 Å². The van der Waals surface area contributed by atoms with E-state index in [2.05, 4.69) is 30.0 Å². The van der Waals surface area contributed by atoms with E-state index in [-0.39, 0.29) is 12.3 Å². The van der Waals surface area contributed by atoms with Crippen LogP contribution in [0.1, 0.15) is 21.5 Å². The summed E-state index contributed by atoms with van der Waals surface area (Å²) in [5.74, 6) is 0.0783. The number of nitrogens with zero attached hydrogens (tertiary/aromatic N) is 3. The van der Waals surface area contributed by atoms with Crippen molar-refractivity contribution in [2.75, 3.05) is 0 Å². The molecule has 0 fully saturated rings. The first-order chi connectivity index (χ1) is 9.27. The number of Topliss-reactive ketones (excluding diaryl/α,β-unsaturated/α-hetero) is 1. The number of aromatic nitrogens is 3. The fraction of sp³-hybridized carbons (Fsp3) is 0.400. The molecule has 0 amide bonds. The minimum Gasteiger partial charge on any atom is -0.292 e. The number of hydrogen-bond acceptors (Lipinski definition) is 3. The zero-order chi connectivity index (χ0) is 14.9. The van der Waals surface area contributed by atoms with E-state index in [0.717, 1.165) is 16.4 Å². The van der Waals surface area contributed by atoms with Gasteiger partial charge in [-0.15, -0.1) is 5.10 Å². The monoisotopic (exact) mass is 287 g/mol. The molecule has 0 aliphatic rings. The van der Waals surface area contributed by atoms with E-state index in [4.69, 9.17) is 0 Å². The minimum atomic E-state index is -1.47. The molecule has 0 unspecified atom stereocenters. The van der Waals surface area contributed by atoms with Gasteiger partial charge in [0.15, 0.2) is 5.78 Å². The van der Waals surface area contributed by atoms with Crippen molar-refractivity contribution in [3.63, 3.8) is 0 Å². The summed E-state index contributed by atoms with van der Waals surface area (Å²) in [7, 11) is -1.47. The van der Waals surface area contributed by atoms with Crippen LogP contribution >= 0.6 is 0 Å². The lowest BCUT2D eigenvalue weighted by Gasteiger charge is -2.10. The first kappa shape index (κ1) is 14.7. The van der Waals surface area contributed by atoms with Crippen molar-refractivity contribution in [1.82, 2.24) is 15.0 Å². The van der Waals surface area contributed by atoms with Gasteiger partial charge in [0.05, 0.1) is 5.32 Å². The third-order valence-electron chi connectivity index (χ3n) is 3.29. The van der Waals surface area contributed by atoms with Crippen molar-refractivity contribution in [3.8, 4) is 0 Å². The second-order valence-corrected chi connectivity index (χ2v) is 11.3. The lowest BCUT2D eigenvalue weighted by molar-refractivity contribution is 0.0966. The van der Waals surface area contributed by atoms with Gasteiger partial charge < -0.3 is 0 Å². The van der Waals surface area contributed by atoms with Crippen LogP contribution in [-0.4, -0.2) is 28.9 Å². The molecule has 2 aromatic rings. The molecule has 106 valence electrons. The number of rotatable bonds is 4. The minimum absolute atomic E-state index is 0.0783. The standard InChI is InChI=1S/C15H21N3OSi/c1-11-6-7-13(12(2)8-11)14(19)9-18-10-15(16-17-18)20(3,4)5/h6-8,10H,9H2,1-5H3. The Labute approximate surface area is 120 Å². The van der Waals surface area contributed by atoms with Gasteiger partial charge in [-0.2, -0.15) is 0 Å². The summed E-state index contributed by atoms with van der Waals surface area (Å²) in [6, 6.07) is 5.89. The molecule has 4 nitrogen and oxygen atoms in total. The van der Waals surface area contributed by atoms with Gasteiger partial charge in [0, 0.05) is 11.8 Å². The van der Waals surface area contributed by atoms with E-state index >= 15 is 0 Å². The first-order valence-corrected chi connectivity index (χ1v) is 10.3. The lowest BCUT2D eigenvalue weighted by Crippen LogP contribution is -2.38. The molecule has 0 aliphatic heterocycles. The number of benzene rings is 1. The molecule has 0 saturated carbocycles. The summed E-state index contributed by atoms with van der Waals surface area (Å²) < 4.78 is 1.65. The number of hydrogen-bond donors (Lipinski definition) is 0. The van der Waals surface area contributed by atoms with Crippen molar-refractivity contribution in [3.05, 3.63) is 41.1 Å². The van der Waals surface area contributed by atoms with Crippen LogP contribution in [0.5, 0.6) is 0 Å². The van der Waals surface area contributed by atoms with Gasteiger partial charge in [0.25, 0.3) is 0 Å². The summed E-state index contributed by atoms with van der Waals surface area (Å²) >= 11 is 0. The Bertz CT molecular complexity index is 641. The third-order valence-corrected chi connectivity index (χ3v) is 5.06. The van der Waals surface area contributed by atoms with Crippen LogP contribution in [0.15, 0.2) is 24.4 Å². The van der Waals surface area contributed by atoms with Crippen LogP contribution < -0.4 is 5.32 Å². The van der Waals surface area contributed by atoms with Crippen LogP contribution in [0.3, 0.4) is 0 Å². The Hall–Kier alpha value is -1.75. The highest BCUT2D eigenvalue weighted by atomic mass is 28.3. The highest BCUT2D eigenvalue weighted by Crippen LogP contribution is 2.12. The highest BCUT2D eigenvalue weighted by molar-refractivity contribution is 6.88. The van der Waals surface area contributed by atoms with E-state index in [0.29, 0.717) is 0 Å². The first-order valence-electron chi connectivity index (χ1n) is 6.78. The van der Waals surface area contributed by atoms with Gasteiger partial charge >= 0.3 is 0 Å². The average Bonchev–Trinajstić information content (AvgIpc) is 2.76. The largest absolute Gasteiger partial charge is 0.292 e. The molecule has 0 atom stereocenters. The second-order valence-electron chi connectivity index (χ2n) is 6.29. The summed E-state index contributed by atoms with van der Waals surface area (Å²) in [5, 5.41) is 9.30. The normalized spacial score (nSPS) is 11.7. The highest BCUT2D eigenvalue weighted by Gasteiger charge is 2.21. The smallest absolute Gasteiger partial charge is 0.184 e. The zero-order valence-corrected chi connectivity index (χ0v) is 13.8. The lowest BCUT2D eigenvalue weighted by atomic mass is 10.0. The second kappa shape index (κ2) is 5.32. The molecule has 20 heavy (non-hydrogen) atoms. The maximum atomic E-state index is 12.3. The van der Waals surface area contributed by atoms with E-state index in [1.165, 1.54) is 5.56 Å². The predicted molar refractivity (Wildman–Crippen MR) is 83.2 cm³/mol. The Morgan fingerprint density at radius 1 is 1.25 bits per heavy atom. The SMILES string of the molecule is Cc1ccc(C(=O)Cn2cc([Si](C)(C)C)nn2)c(C)c1. The van der Waals surface area contributed by atoms with E-state index in [9.17, 15) is 4.79 Å². The molecule has 0 radical (unpaired) electrons. The van der Waals surface area contributed by atoms with Gasteiger partial charge in [-0.3, -0.25) is 4.79 Å². The molecule has 1 aromatic carbocycles. The predicted octanol–water partition coefficient (Wildman–Crippen LogP) is 2.32. The van der Waals surface area contributed by atoms with Gasteiger partial charge in [0.2, 0.25) is 0 Å². The molecule has 0 N–H and O–H groups in total. The Morgan fingerprint density at radius 3 is 2.50 bits per heavy atom. The number of carbonyl (C=O) groups is 1. The van der Waals surface area contributed by atoms with E-state index in [1.807, 2.05) is 38.2 Å². The van der Waals surface area contributed by atoms with E-state index < -0.39 is 8.07 Å². The summed E-state index contributed by atoms with van der Waals surface area (Å²) in [6.07, 6.45) is 1.91.